The van der Waals surface area contributed by atoms with E-state index in [0.29, 0.717) is 12.6 Å². The summed E-state index contributed by atoms with van der Waals surface area (Å²) in [6.45, 7) is 1.13. The molecular formula is C20H24N2O2. The lowest BCUT2D eigenvalue weighted by Gasteiger charge is -2.29. The van der Waals surface area contributed by atoms with Crippen LogP contribution in [0.2, 0.25) is 0 Å². The minimum atomic E-state index is -0.0237. The number of hydrogen-bond acceptors (Lipinski definition) is 3. The van der Waals surface area contributed by atoms with E-state index < -0.39 is 0 Å². The van der Waals surface area contributed by atoms with E-state index >= 15 is 0 Å². The van der Waals surface area contributed by atoms with Gasteiger partial charge in [-0.05, 0) is 29.5 Å². The van der Waals surface area contributed by atoms with Gasteiger partial charge in [-0.3, -0.25) is 14.5 Å². The number of amides is 1. The second-order valence-corrected chi connectivity index (χ2v) is 6.30. The quantitative estimate of drug-likeness (QED) is 0.766. The first-order chi connectivity index (χ1) is 11.7. The van der Waals surface area contributed by atoms with Gasteiger partial charge in [-0.25, -0.2) is 5.06 Å². The molecule has 0 saturated heterocycles. The SMILES string of the molecule is CON(C)C(=O)CN(Cc1ccccc1)C1Cc2ccccc2C1. The van der Waals surface area contributed by atoms with E-state index in [1.807, 2.05) is 18.2 Å². The molecule has 4 nitrogen and oxygen atoms in total. The maximum atomic E-state index is 12.4. The zero-order valence-corrected chi connectivity index (χ0v) is 14.3. The highest BCUT2D eigenvalue weighted by molar-refractivity contribution is 5.77. The summed E-state index contributed by atoms with van der Waals surface area (Å²) in [5, 5.41) is 1.31. The Hall–Kier alpha value is -2.17. The van der Waals surface area contributed by atoms with Gasteiger partial charge in [0, 0.05) is 19.6 Å². The number of rotatable bonds is 6. The van der Waals surface area contributed by atoms with Gasteiger partial charge >= 0.3 is 0 Å². The summed E-state index contributed by atoms with van der Waals surface area (Å²) in [5.41, 5.74) is 4.02. The van der Waals surface area contributed by atoms with Crippen molar-refractivity contribution < 1.29 is 9.63 Å². The molecule has 1 aliphatic carbocycles. The Labute approximate surface area is 143 Å². The number of hydroxylamine groups is 2. The van der Waals surface area contributed by atoms with Crippen LogP contribution >= 0.6 is 0 Å². The highest BCUT2D eigenvalue weighted by atomic mass is 16.7. The molecule has 2 aromatic rings. The molecule has 0 spiro atoms. The van der Waals surface area contributed by atoms with Crippen molar-refractivity contribution in [1.82, 2.24) is 9.96 Å². The number of benzene rings is 2. The van der Waals surface area contributed by atoms with Crippen molar-refractivity contribution in [2.75, 3.05) is 20.7 Å². The average molecular weight is 324 g/mol. The van der Waals surface area contributed by atoms with Gasteiger partial charge in [-0.1, -0.05) is 54.6 Å². The summed E-state index contributed by atoms with van der Waals surface area (Å²) >= 11 is 0. The molecule has 0 radical (unpaired) electrons. The van der Waals surface area contributed by atoms with E-state index in [1.165, 1.54) is 28.9 Å². The maximum absolute atomic E-state index is 12.4. The molecule has 2 aromatic carbocycles. The molecule has 4 heteroatoms. The lowest BCUT2D eigenvalue weighted by molar-refractivity contribution is -0.170. The average Bonchev–Trinajstić information content (AvgIpc) is 3.05. The van der Waals surface area contributed by atoms with Crippen molar-refractivity contribution in [2.24, 2.45) is 0 Å². The minimum Gasteiger partial charge on any atom is -0.286 e. The Morgan fingerprint density at radius 1 is 1.04 bits per heavy atom. The molecule has 0 saturated carbocycles. The fourth-order valence-electron chi connectivity index (χ4n) is 3.30. The summed E-state index contributed by atoms with van der Waals surface area (Å²) in [4.78, 5) is 19.7. The molecule has 0 unspecified atom stereocenters. The molecule has 24 heavy (non-hydrogen) atoms. The Morgan fingerprint density at radius 2 is 1.62 bits per heavy atom. The first kappa shape index (κ1) is 16.7. The van der Waals surface area contributed by atoms with Gasteiger partial charge < -0.3 is 0 Å². The van der Waals surface area contributed by atoms with Crippen molar-refractivity contribution >= 4 is 5.91 Å². The number of fused-ring (bicyclic) bond motifs is 1. The van der Waals surface area contributed by atoms with E-state index in [1.54, 1.807) is 7.05 Å². The standard InChI is InChI=1S/C20H24N2O2/c1-21(24-2)20(23)15-22(14-16-8-4-3-5-9-16)19-12-17-10-6-7-11-18(17)13-19/h3-11,19H,12-15H2,1-2H3. The van der Waals surface area contributed by atoms with E-state index in [-0.39, 0.29) is 5.91 Å². The second-order valence-electron chi connectivity index (χ2n) is 6.30. The van der Waals surface area contributed by atoms with Crippen LogP contribution in [-0.2, 0) is 29.0 Å². The monoisotopic (exact) mass is 324 g/mol. The fourth-order valence-corrected chi connectivity index (χ4v) is 3.30. The Balaban J connectivity index is 1.76. The summed E-state index contributed by atoms with van der Waals surface area (Å²) in [6.07, 6.45) is 1.99. The smallest absolute Gasteiger partial charge is 0.260 e. The molecule has 3 rings (SSSR count). The van der Waals surface area contributed by atoms with E-state index in [0.717, 1.165) is 19.4 Å². The topological polar surface area (TPSA) is 32.8 Å². The van der Waals surface area contributed by atoms with Crippen LogP contribution in [0.3, 0.4) is 0 Å². The van der Waals surface area contributed by atoms with Crippen molar-refractivity contribution in [3.63, 3.8) is 0 Å². The van der Waals surface area contributed by atoms with Crippen LogP contribution in [0.15, 0.2) is 54.6 Å². The Morgan fingerprint density at radius 3 is 2.21 bits per heavy atom. The number of hydrogen-bond donors (Lipinski definition) is 0. The van der Waals surface area contributed by atoms with E-state index in [2.05, 4.69) is 41.3 Å². The highest BCUT2D eigenvalue weighted by Gasteiger charge is 2.28. The largest absolute Gasteiger partial charge is 0.286 e. The molecular weight excluding hydrogens is 300 g/mol. The predicted octanol–water partition coefficient (Wildman–Crippen LogP) is 2.68. The normalized spacial score (nSPS) is 14.0. The molecule has 0 heterocycles. The highest BCUT2D eigenvalue weighted by Crippen LogP contribution is 2.26. The fraction of sp³-hybridized carbons (Fsp3) is 0.350. The van der Waals surface area contributed by atoms with Gasteiger partial charge in [-0.15, -0.1) is 0 Å². The maximum Gasteiger partial charge on any atom is 0.260 e. The van der Waals surface area contributed by atoms with Gasteiger partial charge in [0.05, 0.1) is 13.7 Å². The van der Waals surface area contributed by atoms with Crippen LogP contribution in [0.5, 0.6) is 0 Å². The molecule has 0 bridgehead atoms. The third-order valence-electron chi connectivity index (χ3n) is 4.74. The Kier molecular flexibility index (Phi) is 5.28. The Bertz CT molecular complexity index is 662. The van der Waals surface area contributed by atoms with Gasteiger partial charge in [0.1, 0.15) is 0 Å². The van der Waals surface area contributed by atoms with Gasteiger partial charge in [-0.2, -0.15) is 0 Å². The predicted molar refractivity (Wildman–Crippen MR) is 94.3 cm³/mol. The third kappa shape index (κ3) is 3.83. The summed E-state index contributed by atoms with van der Waals surface area (Å²) in [7, 11) is 3.18. The number of carbonyl (C=O) groups excluding carboxylic acids is 1. The van der Waals surface area contributed by atoms with E-state index in [4.69, 9.17) is 4.84 Å². The molecule has 0 fully saturated rings. The minimum absolute atomic E-state index is 0.0237. The molecule has 0 aromatic heterocycles. The molecule has 126 valence electrons. The van der Waals surface area contributed by atoms with Crippen LogP contribution in [0, 0.1) is 0 Å². The van der Waals surface area contributed by atoms with Crippen molar-refractivity contribution in [2.45, 2.75) is 25.4 Å². The molecule has 1 amide bonds. The van der Waals surface area contributed by atoms with Crippen molar-refractivity contribution in [3.8, 4) is 0 Å². The lowest BCUT2D eigenvalue weighted by Crippen LogP contribution is -2.43. The van der Waals surface area contributed by atoms with Crippen molar-refractivity contribution in [1.29, 1.82) is 0 Å². The summed E-state index contributed by atoms with van der Waals surface area (Å²) in [5.74, 6) is -0.0237. The van der Waals surface area contributed by atoms with Crippen molar-refractivity contribution in [3.05, 3.63) is 71.3 Å². The van der Waals surface area contributed by atoms with Crippen LogP contribution < -0.4 is 0 Å². The first-order valence-electron chi connectivity index (χ1n) is 8.33. The van der Waals surface area contributed by atoms with Crippen LogP contribution in [-0.4, -0.2) is 42.6 Å². The number of carbonyl (C=O) groups is 1. The zero-order valence-electron chi connectivity index (χ0n) is 14.3. The van der Waals surface area contributed by atoms with Gasteiger partial charge in [0.15, 0.2) is 0 Å². The van der Waals surface area contributed by atoms with Crippen LogP contribution in [0.25, 0.3) is 0 Å². The summed E-state index contributed by atoms with van der Waals surface area (Å²) < 4.78 is 0. The van der Waals surface area contributed by atoms with E-state index in [9.17, 15) is 4.79 Å². The molecule has 0 N–H and O–H groups in total. The first-order valence-corrected chi connectivity index (χ1v) is 8.33. The lowest BCUT2D eigenvalue weighted by atomic mass is 10.1. The number of likely N-dealkylation sites (N-methyl/N-ethyl adjacent to an activating group) is 1. The molecule has 0 atom stereocenters. The van der Waals surface area contributed by atoms with Crippen LogP contribution in [0.1, 0.15) is 16.7 Å². The number of nitrogens with zero attached hydrogens (tertiary/aromatic N) is 2. The third-order valence-corrected chi connectivity index (χ3v) is 4.74. The molecule has 1 aliphatic rings. The van der Waals surface area contributed by atoms with Gasteiger partial charge in [0.2, 0.25) is 0 Å². The van der Waals surface area contributed by atoms with Gasteiger partial charge in [0.25, 0.3) is 5.91 Å². The summed E-state index contributed by atoms with van der Waals surface area (Å²) in [6, 6.07) is 19.2. The second kappa shape index (κ2) is 7.60. The zero-order chi connectivity index (χ0) is 16.9. The van der Waals surface area contributed by atoms with Crippen LogP contribution in [0.4, 0.5) is 0 Å². The molecule has 0 aliphatic heterocycles.